The van der Waals surface area contributed by atoms with E-state index in [1.54, 1.807) is 36.4 Å². The van der Waals surface area contributed by atoms with Crippen molar-refractivity contribution in [2.24, 2.45) is 0 Å². The van der Waals surface area contributed by atoms with Crippen molar-refractivity contribution in [3.63, 3.8) is 0 Å². The number of hydrogen-bond acceptors (Lipinski definition) is 3. The maximum atomic E-state index is 13.5. The molecule has 1 N–H and O–H groups in total. The fourth-order valence-corrected chi connectivity index (χ4v) is 5.27. The number of pyridine rings is 1. The number of rotatable bonds is 7. The molecule has 32 heavy (non-hydrogen) atoms. The summed E-state index contributed by atoms with van der Waals surface area (Å²) in [6, 6.07) is 24.0. The van der Waals surface area contributed by atoms with E-state index in [9.17, 15) is 13.2 Å². The van der Waals surface area contributed by atoms with Crippen molar-refractivity contribution in [2.75, 3.05) is 6.54 Å². The summed E-state index contributed by atoms with van der Waals surface area (Å²) in [5, 5.41) is 0.885. The van der Waals surface area contributed by atoms with Crippen molar-refractivity contribution in [3.05, 3.63) is 111 Å². The molecule has 0 atom stereocenters. The summed E-state index contributed by atoms with van der Waals surface area (Å²) in [4.78, 5) is 15.9. The van der Waals surface area contributed by atoms with E-state index in [2.05, 4.69) is 11.1 Å². The molecule has 0 bridgehead atoms. The van der Waals surface area contributed by atoms with Gasteiger partial charge >= 0.3 is 0 Å². The Kier molecular flexibility index (Phi) is 6.26. The van der Waals surface area contributed by atoms with Gasteiger partial charge in [0.2, 0.25) is 10.0 Å². The average Bonchev–Trinajstić information content (AvgIpc) is 2.77. The van der Waals surface area contributed by atoms with Gasteiger partial charge in [-0.25, -0.2) is 8.42 Å². The molecule has 0 aliphatic heterocycles. The lowest BCUT2D eigenvalue weighted by Gasteiger charge is -2.22. The molecule has 0 unspecified atom stereocenters. The molecule has 6 heteroatoms. The third-order valence-electron chi connectivity index (χ3n) is 5.54. The van der Waals surface area contributed by atoms with Gasteiger partial charge in [-0.3, -0.25) is 4.79 Å². The summed E-state index contributed by atoms with van der Waals surface area (Å²) in [6.07, 6.45) is 0.554. The number of nitrogens with one attached hydrogen (secondary N) is 1. The van der Waals surface area contributed by atoms with Crippen molar-refractivity contribution in [2.45, 2.75) is 31.7 Å². The van der Waals surface area contributed by atoms with Crippen LogP contribution in [-0.2, 0) is 23.0 Å². The number of aromatic amines is 1. The standard InChI is InChI=1S/C26H26N2O3S/c1-19-7-6-8-21(15-19)13-14-28(32(30,31)24-9-4-3-5-10-24)18-23-17-22-16-20(2)11-12-25(22)27-26(23)29/h3-12,15-17H,13-14,18H2,1-2H3,(H,27,29). The van der Waals surface area contributed by atoms with Crippen LogP contribution < -0.4 is 5.56 Å². The largest absolute Gasteiger partial charge is 0.322 e. The Balaban J connectivity index is 1.71. The van der Waals surface area contributed by atoms with E-state index in [1.165, 1.54) is 4.31 Å². The Labute approximate surface area is 188 Å². The van der Waals surface area contributed by atoms with Crippen LogP contribution in [0.3, 0.4) is 0 Å². The number of fused-ring (bicyclic) bond motifs is 1. The molecule has 0 saturated heterocycles. The summed E-state index contributed by atoms with van der Waals surface area (Å²) < 4.78 is 28.3. The van der Waals surface area contributed by atoms with Gasteiger partial charge in [0.25, 0.3) is 5.56 Å². The molecule has 0 fully saturated rings. The highest BCUT2D eigenvalue weighted by molar-refractivity contribution is 7.89. The summed E-state index contributed by atoms with van der Waals surface area (Å²) in [7, 11) is -3.78. The number of nitrogens with zero attached hydrogens (tertiary/aromatic N) is 1. The monoisotopic (exact) mass is 446 g/mol. The molecule has 4 aromatic rings. The first-order chi connectivity index (χ1) is 15.3. The van der Waals surface area contributed by atoms with Crippen molar-refractivity contribution in [1.29, 1.82) is 0 Å². The number of H-pyrrole nitrogens is 1. The van der Waals surface area contributed by atoms with Gasteiger partial charge in [0.15, 0.2) is 0 Å². The molecule has 164 valence electrons. The lowest BCUT2D eigenvalue weighted by atomic mass is 10.1. The average molecular weight is 447 g/mol. The maximum Gasteiger partial charge on any atom is 0.252 e. The van der Waals surface area contributed by atoms with Gasteiger partial charge in [-0.15, -0.1) is 0 Å². The van der Waals surface area contributed by atoms with Gasteiger partial charge in [-0.2, -0.15) is 4.31 Å². The van der Waals surface area contributed by atoms with E-state index in [4.69, 9.17) is 0 Å². The second-order valence-corrected chi connectivity index (χ2v) is 10.0. The predicted molar refractivity (Wildman–Crippen MR) is 128 cm³/mol. The first-order valence-electron chi connectivity index (χ1n) is 10.6. The molecule has 1 aromatic heterocycles. The molecule has 0 aliphatic carbocycles. The topological polar surface area (TPSA) is 70.2 Å². The summed E-state index contributed by atoms with van der Waals surface area (Å²) >= 11 is 0. The van der Waals surface area contributed by atoms with Crippen LogP contribution in [0.1, 0.15) is 22.3 Å². The molecular formula is C26H26N2O3S. The van der Waals surface area contributed by atoms with E-state index in [0.29, 0.717) is 12.0 Å². The fraction of sp³-hybridized carbons (Fsp3) is 0.192. The highest BCUT2D eigenvalue weighted by Gasteiger charge is 2.25. The molecule has 0 radical (unpaired) electrons. The van der Waals surface area contributed by atoms with Crippen LogP contribution >= 0.6 is 0 Å². The minimum atomic E-state index is -3.78. The number of sulfonamides is 1. The van der Waals surface area contributed by atoms with Gasteiger partial charge in [0, 0.05) is 24.2 Å². The van der Waals surface area contributed by atoms with E-state index in [-0.39, 0.29) is 23.5 Å². The van der Waals surface area contributed by atoms with E-state index >= 15 is 0 Å². The van der Waals surface area contributed by atoms with Gasteiger partial charge < -0.3 is 4.98 Å². The third-order valence-corrected chi connectivity index (χ3v) is 7.40. The van der Waals surface area contributed by atoms with E-state index in [1.807, 2.05) is 50.2 Å². The number of aromatic nitrogens is 1. The summed E-state index contributed by atoms with van der Waals surface area (Å²) in [5.74, 6) is 0. The van der Waals surface area contributed by atoms with Crippen LogP contribution in [0.2, 0.25) is 0 Å². The quantitative estimate of drug-likeness (QED) is 0.452. The van der Waals surface area contributed by atoms with Crippen molar-refractivity contribution >= 4 is 20.9 Å². The SMILES string of the molecule is Cc1cccc(CCN(Cc2cc3cc(C)ccc3[nH]c2=O)S(=O)(=O)c2ccccc2)c1. The van der Waals surface area contributed by atoms with Crippen molar-refractivity contribution < 1.29 is 8.42 Å². The molecule has 0 spiro atoms. The molecule has 0 aliphatic rings. The number of hydrogen-bond donors (Lipinski definition) is 1. The Morgan fingerprint density at radius 3 is 2.34 bits per heavy atom. The van der Waals surface area contributed by atoms with Crippen molar-refractivity contribution in [1.82, 2.24) is 9.29 Å². The second-order valence-electron chi connectivity index (χ2n) is 8.11. The summed E-state index contributed by atoms with van der Waals surface area (Å²) in [6.45, 7) is 4.27. The van der Waals surface area contributed by atoms with Gasteiger partial charge in [0.05, 0.1) is 4.90 Å². The van der Waals surface area contributed by atoms with Crippen LogP contribution in [0.25, 0.3) is 10.9 Å². The van der Waals surface area contributed by atoms with Crippen LogP contribution in [0.5, 0.6) is 0 Å². The minimum absolute atomic E-state index is 0.00224. The Morgan fingerprint density at radius 2 is 1.59 bits per heavy atom. The van der Waals surface area contributed by atoms with Crippen molar-refractivity contribution in [3.8, 4) is 0 Å². The van der Waals surface area contributed by atoms with E-state index < -0.39 is 10.0 Å². The summed E-state index contributed by atoms with van der Waals surface area (Å²) in [5.41, 5.74) is 4.14. The zero-order valence-corrected chi connectivity index (χ0v) is 19.0. The Morgan fingerprint density at radius 1 is 0.844 bits per heavy atom. The lowest BCUT2D eigenvalue weighted by Crippen LogP contribution is -2.34. The lowest BCUT2D eigenvalue weighted by molar-refractivity contribution is 0.408. The molecule has 5 nitrogen and oxygen atoms in total. The van der Waals surface area contributed by atoms with Gasteiger partial charge in [-0.05, 0) is 61.5 Å². The predicted octanol–water partition coefficient (Wildman–Crippen LogP) is 4.58. The molecule has 1 heterocycles. The van der Waals surface area contributed by atoms with E-state index in [0.717, 1.165) is 27.6 Å². The number of aryl methyl sites for hydroxylation is 2. The molecular weight excluding hydrogens is 420 g/mol. The van der Waals surface area contributed by atoms with Crippen LogP contribution in [-0.4, -0.2) is 24.3 Å². The number of benzene rings is 3. The molecule has 0 amide bonds. The highest BCUT2D eigenvalue weighted by Crippen LogP contribution is 2.20. The normalized spacial score (nSPS) is 11.8. The fourth-order valence-electron chi connectivity index (χ4n) is 3.83. The highest BCUT2D eigenvalue weighted by atomic mass is 32.2. The Hall–Kier alpha value is -3.22. The second kappa shape index (κ2) is 9.10. The minimum Gasteiger partial charge on any atom is -0.322 e. The molecule has 4 rings (SSSR count). The van der Waals surface area contributed by atoms with Crippen LogP contribution in [0.15, 0.2) is 88.6 Å². The first-order valence-corrected chi connectivity index (χ1v) is 12.0. The first kappa shape index (κ1) is 22.0. The van der Waals surface area contributed by atoms with Gasteiger partial charge in [-0.1, -0.05) is 59.7 Å². The van der Waals surface area contributed by atoms with Gasteiger partial charge in [0.1, 0.15) is 0 Å². The Bertz CT molecular complexity index is 1410. The maximum absolute atomic E-state index is 13.5. The molecule has 0 saturated carbocycles. The zero-order chi connectivity index (χ0) is 22.7. The van der Waals surface area contributed by atoms with Crippen LogP contribution in [0.4, 0.5) is 0 Å². The van der Waals surface area contributed by atoms with Crippen LogP contribution in [0, 0.1) is 13.8 Å². The molecule has 3 aromatic carbocycles. The zero-order valence-electron chi connectivity index (χ0n) is 18.2. The smallest absolute Gasteiger partial charge is 0.252 e. The third kappa shape index (κ3) is 4.82.